The molecule has 0 radical (unpaired) electrons. The van der Waals surface area contributed by atoms with Gasteiger partial charge in [0.15, 0.2) is 16.4 Å². The number of ketones is 1. The summed E-state index contributed by atoms with van der Waals surface area (Å²) in [5, 5.41) is 0. The van der Waals surface area contributed by atoms with Gasteiger partial charge in [-0.25, -0.2) is 13.2 Å². The third-order valence-corrected chi connectivity index (χ3v) is 6.45. The number of esters is 1. The zero-order valence-corrected chi connectivity index (χ0v) is 15.6. The van der Waals surface area contributed by atoms with Crippen molar-refractivity contribution in [1.29, 1.82) is 0 Å². The zero-order chi connectivity index (χ0) is 18.9. The van der Waals surface area contributed by atoms with Gasteiger partial charge in [0.1, 0.15) is 0 Å². The Bertz CT molecular complexity index is 944. The average molecular weight is 375 g/mol. The topological polar surface area (TPSA) is 82.4 Å². The summed E-state index contributed by atoms with van der Waals surface area (Å²) in [6.07, 6.45) is 0.551. The number of ether oxygens (including phenoxy) is 1. The van der Waals surface area contributed by atoms with Crippen LogP contribution >= 0.6 is 0 Å². The van der Waals surface area contributed by atoms with Crippen LogP contribution in [0.4, 0.5) is 0 Å². The molecule has 0 N–H and O–H groups in total. The van der Waals surface area contributed by atoms with Gasteiger partial charge in [-0.15, -0.1) is 0 Å². The first-order chi connectivity index (χ1) is 12.3. The fourth-order valence-corrected chi connectivity index (χ4v) is 5.17. The van der Waals surface area contributed by atoms with E-state index in [4.69, 9.17) is 4.74 Å². The molecule has 2 aromatic rings. The molecule has 0 saturated carbocycles. The van der Waals surface area contributed by atoms with Crippen molar-refractivity contribution < 1.29 is 22.7 Å². The van der Waals surface area contributed by atoms with Crippen LogP contribution < -0.4 is 0 Å². The van der Waals surface area contributed by atoms with Gasteiger partial charge < -0.3 is 9.30 Å². The Kier molecular flexibility index (Phi) is 5.00. The van der Waals surface area contributed by atoms with Gasteiger partial charge in [-0.2, -0.15) is 0 Å². The maximum Gasteiger partial charge on any atom is 0.338 e. The lowest BCUT2D eigenvalue weighted by Crippen LogP contribution is -2.17. The fourth-order valence-electron chi connectivity index (χ4n) is 3.47. The van der Waals surface area contributed by atoms with Gasteiger partial charge in [-0.05, 0) is 38.5 Å². The summed E-state index contributed by atoms with van der Waals surface area (Å²) in [7, 11) is -3.02. The molecule has 1 saturated heterocycles. The molecule has 1 aliphatic heterocycles. The van der Waals surface area contributed by atoms with Gasteiger partial charge in [0.05, 0.1) is 17.1 Å². The quantitative estimate of drug-likeness (QED) is 0.592. The lowest BCUT2D eigenvalue weighted by molar-refractivity contribution is 0.0474. The molecule has 1 aliphatic rings. The van der Waals surface area contributed by atoms with Gasteiger partial charge in [-0.1, -0.05) is 18.2 Å². The van der Waals surface area contributed by atoms with Crippen molar-refractivity contribution in [2.45, 2.75) is 26.3 Å². The Balaban J connectivity index is 1.72. The SMILES string of the molecule is Cc1cc(C(=O)COC(=O)c2ccccc2)c(C)n1C1CCS(=O)(=O)C1. The van der Waals surface area contributed by atoms with Crippen molar-refractivity contribution in [1.82, 2.24) is 4.57 Å². The van der Waals surface area contributed by atoms with E-state index in [0.717, 1.165) is 5.69 Å². The molecule has 3 rings (SSSR count). The molecule has 7 heteroatoms. The van der Waals surface area contributed by atoms with Gasteiger partial charge in [0.2, 0.25) is 5.78 Å². The highest BCUT2D eigenvalue weighted by atomic mass is 32.2. The first kappa shape index (κ1) is 18.4. The Morgan fingerprint density at radius 3 is 2.50 bits per heavy atom. The van der Waals surface area contributed by atoms with E-state index >= 15 is 0 Å². The van der Waals surface area contributed by atoms with E-state index in [0.29, 0.717) is 23.2 Å². The van der Waals surface area contributed by atoms with E-state index in [9.17, 15) is 18.0 Å². The van der Waals surface area contributed by atoms with E-state index in [-0.39, 0.29) is 29.9 Å². The maximum absolute atomic E-state index is 12.5. The van der Waals surface area contributed by atoms with Crippen LogP contribution in [0.2, 0.25) is 0 Å². The van der Waals surface area contributed by atoms with E-state index in [1.165, 1.54) is 0 Å². The number of carbonyl (C=O) groups excluding carboxylic acids is 2. The molecule has 6 nitrogen and oxygen atoms in total. The summed E-state index contributed by atoms with van der Waals surface area (Å²) in [6, 6.07) is 10.1. The molecule has 1 atom stereocenters. The number of benzene rings is 1. The smallest absolute Gasteiger partial charge is 0.338 e. The number of hydrogen-bond acceptors (Lipinski definition) is 5. The number of aryl methyl sites for hydroxylation is 1. The lowest BCUT2D eigenvalue weighted by atomic mass is 10.1. The monoisotopic (exact) mass is 375 g/mol. The van der Waals surface area contributed by atoms with Crippen molar-refractivity contribution in [2.24, 2.45) is 0 Å². The van der Waals surface area contributed by atoms with Gasteiger partial charge in [-0.3, -0.25) is 4.79 Å². The van der Waals surface area contributed by atoms with Crippen LogP contribution in [0, 0.1) is 13.8 Å². The van der Waals surface area contributed by atoms with E-state index in [1.807, 2.05) is 11.5 Å². The molecule has 0 amide bonds. The lowest BCUT2D eigenvalue weighted by Gasteiger charge is -2.16. The number of sulfone groups is 1. The predicted molar refractivity (Wildman–Crippen MR) is 97.3 cm³/mol. The first-order valence-corrected chi connectivity index (χ1v) is 10.2. The second kappa shape index (κ2) is 7.07. The summed E-state index contributed by atoms with van der Waals surface area (Å²) in [5.74, 6) is -0.573. The van der Waals surface area contributed by atoms with E-state index in [1.54, 1.807) is 43.3 Å². The molecular weight excluding hydrogens is 354 g/mol. The minimum Gasteiger partial charge on any atom is -0.454 e. The Morgan fingerprint density at radius 2 is 1.88 bits per heavy atom. The van der Waals surface area contributed by atoms with Gasteiger partial charge in [0, 0.05) is 23.0 Å². The molecule has 0 aliphatic carbocycles. The number of Topliss-reactive ketones (excluding diaryl/α,β-unsaturated/α-hetero) is 1. The molecule has 26 heavy (non-hydrogen) atoms. The Morgan fingerprint density at radius 1 is 1.19 bits per heavy atom. The number of aromatic nitrogens is 1. The number of nitrogens with zero attached hydrogens (tertiary/aromatic N) is 1. The third-order valence-electron chi connectivity index (χ3n) is 4.70. The highest BCUT2D eigenvalue weighted by Crippen LogP contribution is 2.29. The summed E-state index contributed by atoms with van der Waals surface area (Å²) in [4.78, 5) is 24.5. The molecule has 1 aromatic heterocycles. The summed E-state index contributed by atoms with van der Waals surface area (Å²) < 4.78 is 30.5. The van der Waals surface area contributed by atoms with Crippen LogP contribution in [0.25, 0.3) is 0 Å². The van der Waals surface area contributed by atoms with E-state index in [2.05, 4.69) is 0 Å². The second-order valence-corrected chi connectivity index (χ2v) is 8.81. The Labute approximate surface area is 152 Å². The largest absolute Gasteiger partial charge is 0.454 e. The zero-order valence-electron chi connectivity index (χ0n) is 14.8. The normalized spacial score (nSPS) is 18.6. The van der Waals surface area contributed by atoms with Gasteiger partial charge >= 0.3 is 5.97 Å². The summed E-state index contributed by atoms with van der Waals surface area (Å²) in [6.45, 7) is 3.30. The summed E-state index contributed by atoms with van der Waals surface area (Å²) >= 11 is 0. The standard InChI is InChI=1S/C19H21NO5S/c1-13-10-17(14(2)20(13)16-8-9-26(23,24)12-16)18(21)11-25-19(22)15-6-4-3-5-7-15/h3-7,10,16H,8-9,11-12H2,1-2H3. The number of rotatable bonds is 5. The molecule has 0 bridgehead atoms. The minimum absolute atomic E-state index is 0.0972. The molecular formula is C19H21NO5S. The van der Waals surface area contributed by atoms with Gasteiger partial charge in [0.25, 0.3) is 0 Å². The van der Waals surface area contributed by atoms with Crippen LogP contribution in [0.5, 0.6) is 0 Å². The third kappa shape index (κ3) is 3.72. The first-order valence-electron chi connectivity index (χ1n) is 8.43. The number of hydrogen-bond donors (Lipinski definition) is 0. The summed E-state index contributed by atoms with van der Waals surface area (Å²) in [5.41, 5.74) is 2.40. The van der Waals surface area contributed by atoms with Crippen molar-refractivity contribution in [3.8, 4) is 0 Å². The van der Waals surface area contributed by atoms with Crippen LogP contribution in [0.15, 0.2) is 36.4 Å². The molecule has 1 unspecified atom stereocenters. The predicted octanol–water partition coefficient (Wildman–Crippen LogP) is 2.50. The maximum atomic E-state index is 12.5. The molecule has 2 heterocycles. The van der Waals surface area contributed by atoms with Crippen LogP contribution in [-0.2, 0) is 14.6 Å². The number of carbonyl (C=O) groups is 2. The van der Waals surface area contributed by atoms with Crippen molar-refractivity contribution >= 4 is 21.6 Å². The van der Waals surface area contributed by atoms with E-state index < -0.39 is 15.8 Å². The molecule has 1 aromatic carbocycles. The Hall–Kier alpha value is -2.41. The molecule has 138 valence electrons. The van der Waals surface area contributed by atoms with Crippen molar-refractivity contribution in [3.05, 3.63) is 58.9 Å². The van der Waals surface area contributed by atoms with Crippen LogP contribution in [0.1, 0.15) is 44.6 Å². The average Bonchev–Trinajstić information content (AvgIpc) is 3.11. The highest BCUT2D eigenvalue weighted by Gasteiger charge is 2.31. The minimum atomic E-state index is -3.02. The molecule has 1 fully saturated rings. The van der Waals surface area contributed by atoms with Crippen molar-refractivity contribution in [3.63, 3.8) is 0 Å². The fraction of sp³-hybridized carbons (Fsp3) is 0.368. The van der Waals surface area contributed by atoms with Crippen molar-refractivity contribution in [2.75, 3.05) is 18.1 Å². The highest BCUT2D eigenvalue weighted by molar-refractivity contribution is 7.91. The van der Waals surface area contributed by atoms with Crippen LogP contribution in [-0.4, -0.2) is 42.9 Å². The second-order valence-electron chi connectivity index (χ2n) is 6.58. The van der Waals surface area contributed by atoms with Crippen LogP contribution in [0.3, 0.4) is 0 Å². The molecule has 0 spiro atoms.